The normalized spacial score (nSPS) is 21.9. The van der Waals surface area contributed by atoms with Crippen molar-refractivity contribution in [2.75, 3.05) is 54.2 Å². The van der Waals surface area contributed by atoms with E-state index < -0.39 is 20.2 Å². The number of halogens is 2. The lowest BCUT2D eigenvalue weighted by molar-refractivity contribution is -0.0130. The topological polar surface area (TPSA) is 94.6 Å². The van der Waals surface area contributed by atoms with Crippen LogP contribution in [0, 0.1) is 0 Å². The summed E-state index contributed by atoms with van der Waals surface area (Å²) in [7, 11) is 1.22. The van der Waals surface area contributed by atoms with Crippen molar-refractivity contribution in [2.24, 2.45) is 0 Å². The molecule has 6 rings (SSSR count). The molecule has 3 aliphatic rings. The third-order valence-electron chi connectivity index (χ3n) is 9.53. The first-order chi connectivity index (χ1) is 21.6. The Hall–Kier alpha value is -3.02. The van der Waals surface area contributed by atoms with Crippen LogP contribution in [0.25, 0.3) is 0 Å². The molecule has 0 aromatic heterocycles. The largest absolute Gasteiger partial charge is 0.493 e. The van der Waals surface area contributed by atoms with Crippen molar-refractivity contribution in [3.63, 3.8) is 0 Å². The molecule has 2 saturated heterocycles. The lowest BCUT2D eigenvalue weighted by atomic mass is 9.85. The minimum atomic E-state index is -3.29. The van der Waals surface area contributed by atoms with Gasteiger partial charge < -0.3 is 28.7 Å². The molecule has 3 aliphatic heterocycles. The van der Waals surface area contributed by atoms with E-state index in [2.05, 4.69) is 4.90 Å². The lowest BCUT2D eigenvalue weighted by Crippen LogP contribution is -2.47. The Labute approximate surface area is 273 Å². The highest BCUT2D eigenvalue weighted by Crippen LogP contribution is 2.49. The molecule has 1 amide bonds. The van der Waals surface area contributed by atoms with E-state index in [0.29, 0.717) is 71.8 Å². The monoisotopic (exact) mass is 674 g/mol. The van der Waals surface area contributed by atoms with Crippen LogP contribution in [0.4, 0.5) is 0 Å². The van der Waals surface area contributed by atoms with E-state index in [1.165, 1.54) is 21.3 Å². The maximum absolute atomic E-state index is 13.8. The molecule has 0 saturated carbocycles. The molecule has 0 aliphatic carbocycles. The molecule has 3 aromatic rings. The van der Waals surface area contributed by atoms with Crippen LogP contribution in [0.2, 0.25) is 10.0 Å². The van der Waals surface area contributed by atoms with E-state index in [0.717, 1.165) is 16.7 Å². The van der Waals surface area contributed by atoms with E-state index in [9.17, 15) is 13.2 Å². The summed E-state index contributed by atoms with van der Waals surface area (Å²) in [4.78, 5) is 17.7. The molecule has 1 atom stereocenters. The van der Waals surface area contributed by atoms with E-state index in [1.807, 2.05) is 30.3 Å². The summed E-state index contributed by atoms with van der Waals surface area (Å²) in [5, 5.41) is 0.829. The number of carbonyl (C=O) groups is 1. The predicted molar refractivity (Wildman–Crippen MR) is 172 cm³/mol. The number of likely N-dealkylation sites (tertiary alicyclic amines) is 1. The van der Waals surface area contributed by atoms with Gasteiger partial charge in [0.25, 0.3) is 5.91 Å². The molecule has 0 N–H and O–H groups in total. The maximum atomic E-state index is 13.8. The van der Waals surface area contributed by atoms with Crippen LogP contribution >= 0.6 is 23.2 Å². The predicted octanol–water partition coefficient (Wildman–Crippen LogP) is 5.65. The van der Waals surface area contributed by atoms with Crippen molar-refractivity contribution in [2.45, 2.75) is 35.4 Å². The van der Waals surface area contributed by atoms with Crippen molar-refractivity contribution in [3.05, 3.63) is 86.9 Å². The number of sulfone groups is 1. The zero-order chi connectivity index (χ0) is 32.0. The third kappa shape index (κ3) is 5.54. The van der Waals surface area contributed by atoms with Gasteiger partial charge >= 0.3 is 0 Å². The number of ether oxygens (including phenoxy) is 4. The summed E-state index contributed by atoms with van der Waals surface area (Å²) in [5.41, 5.74) is 2.21. The zero-order valence-corrected chi connectivity index (χ0v) is 27.8. The van der Waals surface area contributed by atoms with Crippen LogP contribution in [0.15, 0.2) is 54.6 Å². The van der Waals surface area contributed by atoms with Crippen molar-refractivity contribution in [1.29, 1.82) is 0 Å². The average Bonchev–Trinajstić information content (AvgIpc) is 3.58. The van der Waals surface area contributed by atoms with Crippen LogP contribution in [-0.2, 0) is 30.7 Å². The third-order valence-corrected chi connectivity index (χ3v) is 12.8. The van der Waals surface area contributed by atoms with Crippen LogP contribution < -0.4 is 14.2 Å². The maximum Gasteiger partial charge on any atom is 0.256 e. The van der Waals surface area contributed by atoms with E-state index in [-0.39, 0.29) is 24.9 Å². The average molecular weight is 676 g/mol. The second-order valence-corrected chi connectivity index (χ2v) is 14.9. The van der Waals surface area contributed by atoms with Crippen LogP contribution in [-0.4, -0.2) is 78.4 Å². The Bertz CT molecular complexity index is 1700. The first-order valence-electron chi connectivity index (χ1n) is 14.8. The number of methoxy groups -OCH3 is 3. The van der Waals surface area contributed by atoms with Gasteiger partial charge in [0.1, 0.15) is 17.1 Å². The highest BCUT2D eigenvalue weighted by Gasteiger charge is 2.53. The number of amides is 1. The minimum Gasteiger partial charge on any atom is -0.493 e. The molecule has 0 unspecified atom stereocenters. The van der Waals surface area contributed by atoms with Gasteiger partial charge in [0.15, 0.2) is 21.3 Å². The number of benzene rings is 3. The first-order valence-corrected chi connectivity index (χ1v) is 17.2. The summed E-state index contributed by atoms with van der Waals surface area (Å²) in [5.74, 6) is 1.02. The molecule has 12 heteroatoms. The standard InChI is InChI=1S/C33H36Cl2N2O7S/c1-41-28-16-23(17-29(42-2)30(28)43-3)31(38)37-20-32(44-21-37,24-8-9-26(34)27(35)18-24)10-13-36-14-11-33(12-15-36)25-7-5-4-6-22(25)19-45(33,39)40/h4-9,16-18H,10-15,19-21H2,1-3H3/t32-/m0/s1. The second-order valence-electron chi connectivity index (χ2n) is 11.8. The molecule has 0 bridgehead atoms. The van der Waals surface area contributed by atoms with Gasteiger partial charge in [-0.15, -0.1) is 0 Å². The molecule has 3 aromatic carbocycles. The number of nitrogens with zero attached hydrogens (tertiary/aromatic N) is 2. The van der Waals surface area contributed by atoms with E-state index in [1.54, 1.807) is 29.2 Å². The van der Waals surface area contributed by atoms with E-state index >= 15 is 0 Å². The highest BCUT2D eigenvalue weighted by molar-refractivity contribution is 7.92. The molecule has 2 fully saturated rings. The smallest absolute Gasteiger partial charge is 0.256 e. The minimum absolute atomic E-state index is 0.0634. The molecule has 1 spiro atoms. The Morgan fingerprint density at radius 2 is 1.62 bits per heavy atom. The van der Waals surface area contributed by atoms with Crippen molar-refractivity contribution >= 4 is 38.9 Å². The van der Waals surface area contributed by atoms with Gasteiger partial charge in [-0.1, -0.05) is 53.5 Å². The van der Waals surface area contributed by atoms with Gasteiger partial charge in [0.05, 0.1) is 43.7 Å². The zero-order valence-electron chi connectivity index (χ0n) is 25.5. The summed E-state index contributed by atoms with van der Waals surface area (Å²) in [6.07, 6.45) is 1.64. The first kappa shape index (κ1) is 31.9. The number of hydrogen-bond donors (Lipinski definition) is 0. The number of carbonyl (C=O) groups excluding carboxylic acids is 1. The summed E-state index contributed by atoms with van der Waals surface area (Å²) < 4.78 is 48.8. The Morgan fingerprint density at radius 3 is 2.27 bits per heavy atom. The summed E-state index contributed by atoms with van der Waals surface area (Å²) in [6.45, 7) is 2.26. The van der Waals surface area contributed by atoms with Crippen molar-refractivity contribution in [1.82, 2.24) is 9.80 Å². The fraction of sp³-hybridized carbons (Fsp3) is 0.424. The number of fused-ring (bicyclic) bond motifs is 2. The highest BCUT2D eigenvalue weighted by atomic mass is 35.5. The number of rotatable bonds is 8. The van der Waals surface area contributed by atoms with Gasteiger partial charge in [0.2, 0.25) is 5.75 Å². The van der Waals surface area contributed by atoms with Gasteiger partial charge in [-0.25, -0.2) is 8.42 Å². The summed E-state index contributed by atoms with van der Waals surface area (Å²) >= 11 is 12.7. The number of piperidine rings is 1. The SMILES string of the molecule is COc1cc(C(=O)N2CO[C@](CCN3CCC4(CC3)c3ccccc3CS4(=O)=O)(c3ccc(Cl)c(Cl)c3)C2)cc(OC)c1OC. The molecular weight excluding hydrogens is 639 g/mol. The van der Waals surface area contributed by atoms with Gasteiger partial charge in [-0.3, -0.25) is 4.79 Å². The molecule has 9 nitrogen and oxygen atoms in total. The number of hydrogen-bond acceptors (Lipinski definition) is 8. The lowest BCUT2D eigenvalue weighted by Gasteiger charge is -2.40. The van der Waals surface area contributed by atoms with E-state index in [4.69, 9.17) is 42.1 Å². The van der Waals surface area contributed by atoms with Crippen LogP contribution in [0.5, 0.6) is 17.2 Å². The Kier molecular flexibility index (Phi) is 8.73. The van der Waals surface area contributed by atoms with Gasteiger partial charge in [-0.05, 0) is 73.3 Å². The molecular formula is C33H36Cl2N2O7S. The van der Waals surface area contributed by atoms with Crippen LogP contribution in [0.3, 0.4) is 0 Å². The van der Waals surface area contributed by atoms with Crippen molar-refractivity contribution in [3.8, 4) is 17.2 Å². The Balaban J connectivity index is 1.22. The van der Waals surface area contributed by atoms with Gasteiger partial charge in [-0.2, -0.15) is 0 Å². The fourth-order valence-electron chi connectivity index (χ4n) is 7.03. The molecule has 3 heterocycles. The summed E-state index contributed by atoms with van der Waals surface area (Å²) in [6, 6.07) is 16.4. The fourth-order valence-corrected chi connectivity index (χ4v) is 9.60. The van der Waals surface area contributed by atoms with Crippen molar-refractivity contribution < 1.29 is 32.2 Å². The molecule has 240 valence electrons. The second kappa shape index (κ2) is 12.3. The van der Waals surface area contributed by atoms with Gasteiger partial charge in [0, 0.05) is 12.1 Å². The van der Waals surface area contributed by atoms with Crippen LogP contribution in [0.1, 0.15) is 46.3 Å². The molecule has 0 radical (unpaired) electrons. The Morgan fingerprint density at radius 1 is 0.933 bits per heavy atom. The molecule has 45 heavy (non-hydrogen) atoms. The quantitative estimate of drug-likeness (QED) is 0.303.